The average Bonchev–Trinajstić information content (AvgIpc) is 2.56. The molecule has 1 aliphatic rings. The van der Waals surface area contributed by atoms with Crippen molar-refractivity contribution in [2.75, 3.05) is 23.3 Å². The second-order valence-electron chi connectivity index (χ2n) is 5.62. The minimum absolute atomic E-state index is 0.101. The summed E-state index contributed by atoms with van der Waals surface area (Å²) in [6.45, 7) is 1.96. The van der Waals surface area contributed by atoms with E-state index in [2.05, 4.69) is 32.8 Å². The first-order valence-corrected chi connectivity index (χ1v) is 9.22. The quantitative estimate of drug-likeness (QED) is 0.667. The van der Waals surface area contributed by atoms with Crippen LogP contribution in [0.2, 0.25) is 5.02 Å². The van der Waals surface area contributed by atoms with Gasteiger partial charge in [0.15, 0.2) is 0 Å². The summed E-state index contributed by atoms with van der Waals surface area (Å²) < 4.78 is 0.934. The lowest BCUT2D eigenvalue weighted by Gasteiger charge is -2.31. The van der Waals surface area contributed by atoms with Crippen molar-refractivity contribution >= 4 is 51.5 Å². The molecular weight excluding hydrogens is 423 g/mol. The Kier molecular flexibility index (Phi) is 5.43. The first-order valence-electron chi connectivity index (χ1n) is 7.76. The van der Waals surface area contributed by atoms with Gasteiger partial charge < -0.3 is 10.2 Å². The number of carbonyl (C=O) groups is 1. The lowest BCUT2D eigenvalue weighted by molar-refractivity contribution is 0.102. The highest BCUT2D eigenvalue weighted by Crippen LogP contribution is 2.35. The fourth-order valence-electron chi connectivity index (χ4n) is 2.89. The van der Waals surface area contributed by atoms with E-state index in [4.69, 9.17) is 11.6 Å². The van der Waals surface area contributed by atoms with Crippen molar-refractivity contribution in [1.82, 2.24) is 0 Å². The maximum atomic E-state index is 12.6. The summed E-state index contributed by atoms with van der Waals surface area (Å²) >= 11 is 8.61. The van der Waals surface area contributed by atoms with Gasteiger partial charge in [-0.15, -0.1) is 0 Å². The molecule has 2 aromatic rings. The highest BCUT2D eigenvalue weighted by Gasteiger charge is 2.19. The van der Waals surface area contributed by atoms with Gasteiger partial charge in [-0.3, -0.25) is 4.79 Å². The van der Waals surface area contributed by atoms with Crippen LogP contribution in [-0.2, 0) is 0 Å². The molecule has 0 atom stereocenters. The number of piperidine rings is 1. The molecule has 0 radical (unpaired) electrons. The van der Waals surface area contributed by atoms with Crippen LogP contribution in [0.3, 0.4) is 0 Å². The molecule has 0 saturated carbocycles. The number of benzene rings is 2. The second kappa shape index (κ2) is 7.53. The third-order valence-electron chi connectivity index (χ3n) is 4.03. The Hall–Kier alpha value is -1.27. The number of hydrogen-bond donors (Lipinski definition) is 1. The Morgan fingerprint density at radius 1 is 1.04 bits per heavy atom. The van der Waals surface area contributed by atoms with Crippen molar-refractivity contribution in [1.29, 1.82) is 0 Å². The normalized spacial score (nSPS) is 14.6. The molecule has 0 spiro atoms. The highest BCUT2D eigenvalue weighted by molar-refractivity contribution is 14.1. The van der Waals surface area contributed by atoms with Crippen LogP contribution in [0.5, 0.6) is 0 Å². The van der Waals surface area contributed by atoms with E-state index in [1.807, 2.05) is 42.5 Å². The molecule has 3 rings (SSSR count). The van der Waals surface area contributed by atoms with Crippen LogP contribution in [0.25, 0.3) is 0 Å². The van der Waals surface area contributed by atoms with Crippen molar-refractivity contribution in [3.63, 3.8) is 0 Å². The predicted molar refractivity (Wildman–Crippen MR) is 105 cm³/mol. The molecule has 1 saturated heterocycles. The van der Waals surface area contributed by atoms with Gasteiger partial charge in [0.25, 0.3) is 5.91 Å². The molecule has 1 heterocycles. The smallest absolute Gasteiger partial charge is 0.256 e. The Labute approximate surface area is 155 Å². The minimum atomic E-state index is -0.101. The van der Waals surface area contributed by atoms with Crippen molar-refractivity contribution in [2.24, 2.45) is 0 Å². The standard InChI is InChI=1S/C18H18ClIN2O/c19-14-8-6-10-16(17(14)22-11-4-1-5-12-22)21-18(23)13-7-2-3-9-15(13)20/h2-3,6-10H,1,4-5,11-12H2,(H,21,23). The molecule has 0 aliphatic carbocycles. The summed E-state index contributed by atoms with van der Waals surface area (Å²) in [5.41, 5.74) is 2.40. The van der Waals surface area contributed by atoms with E-state index in [1.54, 1.807) is 0 Å². The fourth-order valence-corrected chi connectivity index (χ4v) is 3.82. The molecule has 1 N–H and O–H groups in total. The number of rotatable bonds is 3. The zero-order chi connectivity index (χ0) is 16.2. The minimum Gasteiger partial charge on any atom is -0.369 e. The number of halogens is 2. The molecule has 0 unspecified atom stereocenters. The molecule has 120 valence electrons. The van der Waals surface area contributed by atoms with Gasteiger partial charge >= 0.3 is 0 Å². The zero-order valence-electron chi connectivity index (χ0n) is 12.7. The maximum absolute atomic E-state index is 12.6. The molecule has 0 aromatic heterocycles. The number of nitrogens with one attached hydrogen (secondary N) is 1. The number of hydrogen-bond acceptors (Lipinski definition) is 2. The fraction of sp³-hybridized carbons (Fsp3) is 0.278. The zero-order valence-corrected chi connectivity index (χ0v) is 15.6. The SMILES string of the molecule is O=C(Nc1cccc(Cl)c1N1CCCCC1)c1ccccc1I. The summed E-state index contributed by atoms with van der Waals surface area (Å²) in [7, 11) is 0. The Bertz CT molecular complexity index is 714. The molecule has 2 aromatic carbocycles. The van der Waals surface area contributed by atoms with Crippen LogP contribution in [0, 0.1) is 3.57 Å². The van der Waals surface area contributed by atoms with E-state index in [-0.39, 0.29) is 5.91 Å². The highest BCUT2D eigenvalue weighted by atomic mass is 127. The largest absolute Gasteiger partial charge is 0.369 e. The van der Waals surface area contributed by atoms with Crippen molar-refractivity contribution < 1.29 is 4.79 Å². The molecule has 1 fully saturated rings. The van der Waals surface area contributed by atoms with E-state index in [1.165, 1.54) is 6.42 Å². The number of para-hydroxylation sites is 1. The number of anilines is 2. The van der Waals surface area contributed by atoms with Crippen LogP contribution >= 0.6 is 34.2 Å². The Morgan fingerprint density at radius 2 is 1.78 bits per heavy atom. The summed E-state index contributed by atoms with van der Waals surface area (Å²) in [5.74, 6) is -0.101. The van der Waals surface area contributed by atoms with Gasteiger partial charge in [-0.05, 0) is 66.1 Å². The molecule has 0 bridgehead atoms. The van der Waals surface area contributed by atoms with Crippen LogP contribution in [0.1, 0.15) is 29.6 Å². The van der Waals surface area contributed by atoms with Gasteiger partial charge in [0, 0.05) is 16.7 Å². The van der Waals surface area contributed by atoms with Crippen LogP contribution in [0.15, 0.2) is 42.5 Å². The first-order chi connectivity index (χ1) is 11.2. The van der Waals surface area contributed by atoms with Crippen LogP contribution in [-0.4, -0.2) is 19.0 Å². The monoisotopic (exact) mass is 440 g/mol. The molecular formula is C18H18ClIN2O. The number of carbonyl (C=O) groups excluding carboxylic acids is 1. The van der Waals surface area contributed by atoms with Gasteiger partial charge in [-0.2, -0.15) is 0 Å². The molecule has 3 nitrogen and oxygen atoms in total. The Morgan fingerprint density at radius 3 is 2.52 bits per heavy atom. The van der Waals surface area contributed by atoms with Gasteiger partial charge in [0.2, 0.25) is 0 Å². The topological polar surface area (TPSA) is 32.3 Å². The third kappa shape index (κ3) is 3.80. The van der Waals surface area contributed by atoms with E-state index in [0.717, 1.165) is 40.9 Å². The third-order valence-corrected chi connectivity index (χ3v) is 5.27. The molecule has 5 heteroatoms. The number of amides is 1. The summed E-state index contributed by atoms with van der Waals surface area (Å²) in [6.07, 6.45) is 3.58. The summed E-state index contributed by atoms with van der Waals surface area (Å²) in [5, 5.41) is 3.72. The first kappa shape index (κ1) is 16.6. The van der Waals surface area contributed by atoms with E-state index in [9.17, 15) is 4.79 Å². The molecule has 23 heavy (non-hydrogen) atoms. The van der Waals surface area contributed by atoms with E-state index >= 15 is 0 Å². The summed E-state index contributed by atoms with van der Waals surface area (Å²) in [6, 6.07) is 13.2. The van der Waals surface area contributed by atoms with Crippen LogP contribution in [0.4, 0.5) is 11.4 Å². The van der Waals surface area contributed by atoms with Gasteiger partial charge in [-0.1, -0.05) is 29.8 Å². The lowest BCUT2D eigenvalue weighted by Crippen LogP contribution is -2.30. The van der Waals surface area contributed by atoms with Gasteiger partial charge in [0.05, 0.1) is 22.0 Å². The second-order valence-corrected chi connectivity index (χ2v) is 7.19. The van der Waals surface area contributed by atoms with Gasteiger partial charge in [0.1, 0.15) is 0 Å². The lowest BCUT2D eigenvalue weighted by atomic mass is 10.1. The average molecular weight is 441 g/mol. The van der Waals surface area contributed by atoms with Crippen LogP contribution < -0.4 is 10.2 Å². The number of nitrogens with zero attached hydrogens (tertiary/aromatic N) is 1. The van der Waals surface area contributed by atoms with Crippen molar-refractivity contribution in [3.05, 3.63) is 56.6 Å². The molecule has 1 amide bonds. The maximum Gasteiger partial charge on any atom is 0.256 e. The molecule has 1 aliphatic heterocycles. The van der Waals surface area contributed by atoms with E-state index in [0.29, 0.717) is 10.6 Å². The van der Waals surface area contributed by atoms with E-state index < -0.39 is 0 Å². The summed E-state index contributed by atoms with van der Waals surface area (Å²) in [4.78, 5) is 14.9. The van der Waals surface area contributed by atoms with Crippen molar-refractivity contribution in [3.8, 4) is 0 Å². The Balaban J connectivity index is 1.89. The van der Waals surface area contributed by atoms with Crippen molar-refractivity contribution in [2.45, 2.75) is 19.3 Å². The van der Waals surface area contributed by atoms with Gasteiger partial charge in [-0.25, -0.2) is 0 Å². The predicted octanol–water partition coefficient (Wildman–Crippen LogP) is 5.19.